The van der Waals surface area contributed by atoms with Gasteiger partial charge in [0.15, 0.2) is 0 Å². The van der Waals surface area contributed by atoms with Gasteiger partial charge in [-0.25, -0.2) is 0 Å². The Morgan fingerprint density at radius 3 is 2.43 bits per heavy atom. The van der Waals surface area contributed by atoms with Crippen LogP contribution in [0.15, 0.2) is 36.5 Å². The van der Waals surface area contributed by atoms with Gasteiger partial charge in [0.05, 0.1) is 12.2 Å². The van der Waals surface area contributed by atoms with Crippen molar-refractivity contribution >= 4 is 0 Å². The molecule has 0 fully saturated rings. The SMILES string of the molecule is Cc1ccn(CCOc2ccc(CNC(C)(C)C)cc2)n1. The van der Waals surface area contributed by atoms with Crippen molar-refractivity contribution in [2.24, 2.45) is 0 Å². The molecule has 4 heteroatoms. The van der Waals surface area contributed by atoms with E-state index in [2.05, 4.69) is 43.3 Å². The summed E-state index contributed by atoms with van der Waals surface area (Å²) in [6, 6.07) is 10.2. The van der Waals surface area contributed by atoms with Crippen molar-refractivity contribution in [2.45, 2.75) is 46.3 Å². The van der Waals surface area contributed by atoms with Gasteiger partial charge in [0.2, 0.25) is 0 Å². The standard InChI is InChI=1S/C17H25N3O/c1-14-9-10-20(19-14)11-12-21-16-7-5-15(6-8-16)13-18-17(2,3)4/h5-10,18H,11-13H2,1-4H3. The van der Waals surface area contributed by atoms with Gasteiger partial charge in [-0.2, -0.15) is 5.10 Å². The lowest BCUT2D eigenvalue weighted by molar-refractivity contribution is 0.291. The highest BCUT2D eigenvalue weighted by Crippen LogP contribution is 2.13. The lowest BCUT2D eigenvalue weighted by Crippen LogP contribution is -2.35. The summed E-state index contributed by atoms with van der Waals surface area (Å²) in [6.45, 7) is 10.8. The molecule has 0 spiro atoms. The monoisotopic (exact) mass is 287 g/mol. The molecule has 2 aromatic rings. The molecule has 0 atom stereocenters. The van der Waals surface area contributed by atoms with Crippen molar-refractivity contribution < 1.29 is 4.74 Å². The molecule has 114 valence electrons. The minimum Gasteiger partial charge on any atom is -0.492 e. The van der Waals surface area contributed by atoms with Crippen LogP contribution in [0.1, 0.15) is 32.0 Å². The van der Waals surface area contributed by atoms with Crippen molar-refractivity contribution in [1.82, 2.24) is 15.1 Å². The predicted octanol–water partition coefficient (Wildman–Crippen LogP) is 3.16. The second kappa shape index (κ2) is 6.76. The van der Waals surface area contributed by atoms with E-state index >= 15 is 0 Å². The van der Waals surface area contributed by atoms with Crippen LogP contribution in [-0.2, 0) is 13.1 Å². The molecule has 1 aromatic carbocycles. The average molecular weight is 287 g/mol. The summed E-state index contributed by atoms with van der Waals surface area (Å²) in [4.78, 5) is 0. The molecule has 0 unspecified atom stereocenters. The molecule has 21 heavy (non-hydrogen) atoms. The van der Waals surface area contributed by atoms with Crippen LogP contribution < -0.4 is 10.1 Å². The first-order valence-electron chi connectivity index (χ1n) is 7.39. The molecule has 0 saturated heterocycles. The van der Waals surface area contributed by atoms with Crippen LogP contribution in [0.3, 0.4) is 0 Å². The fourth-order valence-electron chi connectivity index (χ4n) is 1.92. The van der Waals surface area contributed by atoms with Gasteiger partial charge < -0.3 is 10.1 Å². The third-order valence-electron chi connectivity index (χ3n) is 3.11. The van der Waals surface area contributed by atoms with E-state index in [-0.39, 0.29) is 5.54 Å². The Morgan fingerprint density at radius 1 is 1.14 bits per heavy atom. The molecule has 0 amide bonds. The first-order valence-corrected chi connectivity index (χ1v) is 7.39. The molecule has 0 aliphatic rings. The molecule has 0 radical (unpaired) electrons. The van der Waals surface area contributed by atoms with Crippen LogP contribution >= 0.6 is 0 Å². The van der Waals surface area contributed by atoms with Gasteiger partial charge in [-0.15, -0.1) is 0 Å². The number of nitrogens with one attached hydrogen (secondary N) is 1. The molecule has 0 aliphatic carbocycles. The molecular weight excluding hydrogens is 262 g/mol. The van der Waals surface area contributed by atoms with Crippen molar-refractivity contribution in [3.05, 3.63) is 47.8 Å². The number of ether oxygens (including phenoxy) is 1. The lowest BCUT2D eigenvalue weighted by atomic mass is 10.1. The number of benzene rings is 1. The lowest BCUT2D eigenvalue weighted by Gasteiger charge is -2.20. The van der Waals surface area contributed by atoms with Crippen LogP contribution in [0.4, 0.5) is 0 Å². The molecule has 2 rings (SSSR count). The summed E-state index contributed by atoms with van der Waals surface area (Å²) in [6.07, 6.45) is 1.97. The fraction of sp³-hybridized carbons (Fsp3) is 0.471. The smallest absolute Gasteiger partial charge is 0.119 e. The number of aryl methyl sites for hydroxylation is 1. The largest absolute Gasteiger partial charge is 0.492 e. The highest BCUT2D eigenvalue weighted by Gasteiger charge is 2.08. The summed E-state index contributed by atoms with van der Waals surface area (Å²) < 4.78 is 7.64. The van der Waals surface area contributed by atoms with Crippen molar-refractivity contribution in [3.8, 4) is 5.75 Å². The molecule has 4 nitrogen and oxygen atoms in total. The number of hydrogen-bond donors (Lipinski definition) is 1. The van der Waals surface area contributed by atoms with Crippen LogP contribution in [0, 0.1) is 6.92 Å². The minimum absolute atomic E-state index is 0.136. The second-order valence-electron chi connectivity index (χ2n) is 6.32. The zero-order valence-electron chi connectivity index (χ0n) is 13.4. The topological polar surface area (TPSA) is 39.1 Å². The van der Waals surface area contributed by atoms with E-state index in [0.717, 1.165) is 24.5 Å². The summed E-state index contributed by atoms with van der Waals surface area (Å²) in [7, 11) is 0. The van der Waals surface area contributed by atoms with Gasteiger partial charge in [-0.3, -0.25) is 4.68 Å². The van der Waals surface area contributed by atoms with E-state index in [1.54, 1.807) is 0 Å². The number of aromatic nitrogens is 2. The van der Waals surface area contributed by atoms with Gasteiger partial charge in [0, 0.05) is 18.3 Å². The third kappa shape index (κ3) is 5.60. The van der Waals surface area contributed by atoms with Gasteiger partial charge in [0.25, 0.3) is 0 Å². The average Bonchev–Trinajstić information content (AvgIpc) is 2.83. The van der Waals surface area contributed by atoms with Crippen LogP contribution in [0.2, 0.25) is 0 Å². The van der Waals surface area contributed by atoms with Crippen LogP contribution in [0.25, 0.3) is 0 Å². The van der Waals surface area contributed by atoms with Crippen molar-refractivity contribution in [3.63, 3.8) is 0 Å². The van der Waals surface area contributed by atoms with E-state index in [1.165, 1.54) is 5.56 Å². The Balaban J connectivity index is 1.77. The summed E-state index contributed by atoms with van der Waals surface area (Å²) >= 11 is 0. The van der Waals surface area contributed by atoms with Gasteiger partial charge in [0.1, 0.15) is 12.4 Å². The van der Waals surface area contributed by atoms with Gasteiger partial charge in [-0.05, 0) is 51.5 Å². The highest BCUT2D eigenvalue weighted by molar-refractivity contribution is 5.27. The Morgan fingerprint density at radius 2 is 1.86 bits per heavy atom. The Labute approximate surface area is 127 Å². The predicted molar refractivity (Wildman–Crippen MR) is 85.5 cm³/mol. The Kier molecular flexibility index (Phi) is 5.02. The molecule has 1 heterocycles. The minimum atomic E-state index is 0.136. The zero-order chi connectivity index (χ0) is 15.3. The van der Waals surface area contributed by atoms with Crippen LogP contribution in [0.5, 0.6) is 5.75 Å². The first kappa shape index (κ1) is 15.6. The molecule has 1 N–H and O–H groups in total. The fourth-order valence-corrected chi connectivity index (χ4v) is 1.92. The highest BCUT2D eigenvalue weighted by atomic mass is 16.5. The van der Waals surface area contributed by atoms with E-state index in [9.17, 15) is 0 Å². The van der Waals surface area contributed by atoms with E-state index < -0.39 is 0 Å². The number of nitrogens with zero attached hydrogens (tertiary/aromatic N) is 2. The Hall–Kier alpha value is -1.81. The third-order valence-corrected chi connectivity index (χ3v) is 3.11. The summed E-state index contributed by atoms with van der Waals surface area (Å²) in [5, 5.41) is 7.80. The number of rotatable bonds is 6. The summed E-state index contributed by atoms with van der Waals surface area (Å²) in [5.41, 5.74) is 2.43. The van der Waals surface area contributed by atoms with E-state index in [1.807, 2.05) is 36.0 Å². The normalized spacial score (nSPS) is 11.6. The van der Waals surface area contributed by atoms with E-state index in [4.69, 9.17) is 4.74 Å². The Bertz CT molecular complexity index is 552. The first-order chi connectivity index (χ1) is 9.92. The maximum absolute atomic E-state index is 5.74. The van der Waals surface area contributed by atoms with Crippen molar-refractivity contribution in [2.75, 3.05) is 6.61 Å². The molecule has 0 bridgehead atoms. The zero-order valence-corrected chi connectivity index (χ0v) is 13.4. The van der Waals surface area contributed by atoms with Crippen molar-refractivity contribution in [1.29, 1.82) is 0 Å². The maximum atomic E-state index is 5.74. The van der Waals surface area contributed by atoms with E-state index in [0.29, 0.717) is 6.61 Å². The maximum Gasteiger partial charge on any atom is 0.119 e. The molecule has 0 saturated carbocycles. The van der Waals surface area contributed by atoms with Gasteiger partial charge in [-0.1, -0.05) is 12.1 Å². The molecule has 0 aliphatic heterocycles. The van der Waals surface area contributed by atoms with Gasteiger partial charge >= 0.3 is 0 Å². The quantitative estimate of drug-likeness (QED) is 0.887. The number of hydrogen-bond acceptors (Lipinski definition) is 3. The molecule has 1 aromatic heterocycles. The summed E-state index contributed by atoms with van der Waals surface area (Å²) in [5.74, 6) is 0.901. The second-order valence-corrected chi connectivity index (χ2v) is 6.32. The molecular formula is C17H25N3O. The van der Waals surface area contributed by atoms with Crippen LogP contribution in [-0.4, -0.2) is 21.9 Å².